The zero-order chi connectivity index (χ0) is 19.8. The lowest BCUT2D eigenvalue weighted by Crippen LogP contribution is -2.56. The summed E-state index contributed by atoms with van der Waals surface area (Å²) in [5.74, 6) is 2.10. The molecule has 1 saturated carbocycles. The predicted molar refractivity (Wildman–Crippen MR) is 118 cm³/mol. The average Bonchev–Trinajstić information content (AvgIpc) is 3.55. The number of nitrogens with zero attached hydrogens (tertiary/aromatic N) is 4. The van der Waals surface area contributed by atoms with Gasteiger partial charge in [0.15, 0.2) is 0 Å². The molecule has 0 radical (unpaired) electrons. The molecule has 7 fully saturated rings. The van der Waals surface area contributed by atoms with Crippen LogP contribution in [-0.2, 0) is 0 Å². The summed E-state index contributed by atoms with van der Waals surface area (Å²) >= 11 is 0. The van der Waals surface area contributed by atoms with Gasteiger partial charge >= 0.3 is 0 Å². The minimum absolute atomic E-state index is 0.980. The molecule has 160 valence electrons. The Morgan fingerprint density at radius 3 is 1.41 bits per heavy atom. The summed E-state index contributed by atoms with van der Waals surface area (Å²) in [6.07, 6.45) is 10.3. The largest absolute Gasteiger partial charge is 0.303 e. The van der Waals surface area contributed by atoms with Gasteiger partial charge in [-0.3, -0.25) is 0 Å². The molecule has 4 unspecified atom stereocenters. The minimum atomic E-state index is 0.980. The van der Waals surface area contributed by atoms with E-state index in [1.54, 1.807) is 0 Å². The van der Waals surface area contributed by atoms with Crippen LogP contribution < -0.4 is 0 Å². The Bertz CT molecular complexity index is 368. The SMILES string of the molecule is C1CN2CCC1C2.CC.CC.CN1C2CCCC1C2.CN1CC2CCN1C2. The Kier molecular flexibility index (Phi) is 10.1. The van der Waals surface area contributed by atoms with Gasteiger partial charge in [-0.25, -0.2) is 10.0 Å². The molecule has 1 aliphatic carbocycles. The van der Waals surface area contributed by atoms with Gasteiger partial charge in [0.2, 0.25) is 0 Å². The number of rotatable bonds is 0. The first kappa shape index (κ1) is 23.1. The molecule has 27 heavy (non-hydrogen) atoms. The quantitative estimate of drug-likeness (QED) is 0.625. The van der Waals surface area contributed by atoms with Crippen molar-refractivity contribution in [3.63, 3.8) is 0 Å². The van der Waals surface area contributed by atoms with E-state index in [2.05, 4.69) is 33.9 Å². The lowest BCUT2D eigenvalue weighted by molar-refractivity contribution is -0.00221. The third kappa shape index (κ3) is 6.16. The van der Waals surface area contributed by atoms with Crippen molar-refractivity contribution in [2.75, 3.05) is 53.4 Å². The molecular formula is C23H48N4. The highest BCUT2D eigenvalue weighted by molar-refractivity contribution is 4.94. The maximum atomic E-state index is 2.56. The van der Waals surface area contributed by atoms with E-state index in [0.29, 0.717) is 0 Å². The molecule has 0 aromatic rings. The molecular weight excluding hydrogens is 332 g/mol. The van der Waals surface area contributed by atoms with Crippen molar-refractivity contribution < 1.29 is 0 Å². The molecule has 6 saturated heterocycles. The van der Waals surface area contributed by atoms with Gasteiger partial charge in [0, 0.05) is 45.3 Å². The van der Waals surface area contributed by atoms with Gasteiger partial charge in [-0.2, -0.15) is 0 Å². The summed E-state index contributed by atoms with van der Waals surface area (Å²) in [6, 6.07) is 1.96. The van der Waals surface area contributed by atoms with Gasteiger partial charge in [0.25, 0.3) is 0 Å². The third-order valence-electron chi connectivity index (χ3n) is 7.26. The Balaban J connectivity index is 0.000000133. The van der Waals surface area contributed by atoms with Crippen molar-refractivity contribution in [3.05, 3.63) is 0 Å². The molecule has 0 aromatic carbocycles. The Labute approximate surface area is 170 Å². The molecule has 4 heteroatoms. The van der Waals surface area contributed by atoms with Crippen LogP contribution in [0.15, 0.2) is 0 Å². The van der Waals surface area contributed by atoms with Crippen molar-refractivity contribution in [2.45, 2.75) is 84.7 Å². The van der Waals surface area contributed by atoms with Crippen molar-refractivity contribution in [2.24, 2.45) is 11.8 Å². The zero-order valence-corrected chi connectivity index (χ0v) is 19.3. The maximum Gasteiger partial charge on any atom is 0.0174 e. The second-order valence-corrected chi connectivity index (χ2v) is 8.79. The van der Waals surface area contributed by atoms with Crippen LogP contribution >= 0.6 is 0 Å². The fraction of sp³-hybridized carbons (Fsp3) is 1.00. The molecule has 4 nitrogen and oxygen atoms in total. The number of hydrazine groups is 1. The van der Waals surface area contributed by atoms with E-state index < -0.39 is 0 Å². The predicted octanol–water partition coefficient (Wildman–Crippen LogP) is 4.18. The number of piperidine rings is 2. The summed E-state index contributed by atoms with van der Waals surface area (Å²) in [6.45, 7) is 16.1. The lowest BCUT2D eigenvalue weighted by Gasteiger charge is -2.50. The standard InChI is InChI=1S/C7H13N.C6H12N2.C6H11N.2C2H6/c1-8-6-3-2-4-7(8)5-6;1-7-4-6-2-3-8(7)5-6;1-3-7-4-2-6(1)5-7;2*1-2/h6-7H,2-5H2,1H3;6H,2-5H2,1H3;6H,1-5H2;2*1-2H3. The Morgan fingerprint density at radius 1 is 0.630 bits per heavy atom. The van der Waals surface area contributed by atoms with Crippen molar-refractivity contribution in [3.8, 4) is 0 Å². The van der Waals surface area contributed by atoms with Gasteiger partial charge in [-0.15, -0.1) is 0 Å². The molecule has 6 bridgehead atoms. The molecule has 7 rings (SSSR count). The van der Waals surface area contributed by atoms with Gasteiger partial charge in [-0.05, 0) is 70.5 Å². The van der Waals surface area contributed by atoms with Crippen LogP contribution in [0.2, 0.25) is 0 Å². The summed E-state index contributed by atoms with van der Waals surface area (Å²) in [4.78, 5) is 5.09. The van der Waals surface area contributed by atoms with Gasteiger partial charge in [0.1, 0.15) is 0 Å². The molecule has 0 spiro atoms. The van der Waals surface area contributed by atoms with Crippen molar-refractivity contribution >= 4 is 0 Å². The second kappa shape index (κ2) is 11.7. The van der Waals surface area contributed by atoms with Gasteiger partial charge < -0.3 is 9.80 Å². The van der Waals surface area contributed by atoms with Gasteiger partial charge in [0.05, 0.1) is 0 Å². The molecule has 6 aliphatic heterocycles. The van der Waals surface area contributed by atoms with E-state index >= 15 is 0 Å². The fourth-order valence-corrected chi connectivity index (χ4v) is 5.52. The van der Waals surface area contributed by atoms with Crippen LogP contribution in [0.1, 0.15) is 72.6 Å². The maximum absolute atomic E-state index is 2.56. The first-order valence-electron chi connectivity index (χ1n) is 12.1. The first-order chi connectivity index (χ1) is 13.2. The normalized spacial score (nSPS) is 40.2. The highest BCUT2D eigenvalue weighted by Crippen LogP contribution is 2.36. The molecule has 0 amide bonds. The number of fused-ring (bicyclic) bond motifs is 6. The minimum Gasteiger partial charge on any atom is -0.303 e. The van der Waals surface area contributed by atoms with E-state index in [4.69, 9.17) is 0 Å². The summed E-state index contributed by atoms with van der Waals surface area (Å²) < 4.78 is 0. The monoisotopic (exact) mass is 380 g/mol. The van der Waals surface area contributed by atoms with E-state index in [-0.39, 0.29) is 0 Å². The number of hydrogen-bond acceptors (Lipinski definition) is 4. The summed E-state index contributed by atoms with van der Waals surface area (Å²) in [7, 11) is 4.44. The van der Waals surface area contributed by atoms with Crippen LogP contribution in [0.25, 0.3) is 0 Å². The van der Waals surface area contributed by atoms with Crippen molar-refractivity contribution in [1.29, 1.82) is 0 Å². The Morgan fingerprint density at radius 2 is 1.22 bits per heavy atom. The fourth-order valence-electron chi connectivity index (χ4n) is 5.52. The summed E-state index contributed by atoms with van der Waals surface area (Å²) in [5.41, 5.74) is 0. The Hall–Kier alpha value is -0.160. The van der Waals surface area contributed by atoms with E-state index in [9.17, 15) is 0 Å². The molecule has 0 N–H and O–H groups in total. The summed E-state index contributed by atoms with van der Waals surface area (Å²) in [5, 5.41) is 4.78. The first-order valence-corrected chi connectivity index (χ1v) is 12.1. The molecule has 6 heterocycles. The molecule has 4 atom stereocenters. The smallest absolute Gasteiger partial charge is 0.0174 e. The van der Waals surface area contributed by atoms with E-state index in [0.717, 1.165) is 23.9 Å². The zero-order valence-electron chi connectivity index (χ0n) is 19.3. The van der Waals surface area contributed by atoms with Crippen LogP contribution in [0.3, 0.4) is 0 Å². The van der Waals surface area contributed by atoms with Crippen LogP contribution in [0.5, 0.6) is 0 Å². The molecule has 7 aliphatic rings. The highest BCUT2D eigenvalue weighted by Gasteiger charge is 2.38. The van der Waals surface area contributed by atoms with E-state index in [1.807, 2.05) is 27.7 Å². The van der Waals surface area contributed by atoms with Gasteiger partial charge in [-0.1, -0.05) is 34.1 Å². The lowest BCUT2D eigenvalue weighted by atomic mass is 9.80. The number of hydrogen-bond donors (Lipinski definition) is 0. The second-order valence-electron chi connectivity index (χ2n) is 8.79. The molecule has 0 aromatic heterocycles. The highest BCUT2D eigenvalue weighted by atomic mass is 15.6. The average molecular weight is 381 g/mol. The van der Waals surface area contributed by atoms with Crippen LogP contribution in [0.4, 0.5) is 0 Å². The van der Waals surface area contributed by atoms with Crippen molar-refractivity contribution in [1.82, 2.24) is 19.8 Å². The van der Waals surface area contributed by atoms with Crippen LogP contribution in [0, 0.1) is 11.8 Å². The topological polar surface area (TPSA) is 13.0 Å². The van der Waals surface area contributed by atoms with E-state index in [1.165, 1.54) is 84.2 Å². The third-order valence-corrected chi connectivity index (χ3v) is 7.26. The van der Waals surface area contributed by atoms with Crippen LogP contribution in [-0.4, -0.2) is 85.3 Å².